The second-order valence-electron chi connectivity index (χ2n) is 1.76. The van der Waals surface area contributed by atoms with Gasteiger partial charge in [-0.05, 0) is 12.5 Å². The minimum absolute atomic E-state index is 0.187. The lowest BCUT2D eigenvalue weighted by Gasteiger charge is -1.98. The molecule has 0 heterocycles. The lowest BCUT2D eigenvalue weighted by atomic mass is 10.0. The molecule has 0 spiro atoms. The van der Waals surface area contributed by atoms with Gasteiger partial charge in [0.05, 0.1) is 5.92 Å². The lowest BCUT2D eigenvalue weighted by Crippen LogP contribution is -2.11. The summed E-state index contributed by atoms with van der Waals surface area (Å²) < 4.78 is 0. The van der Waals surface area contributed by atoms with E-state index in [0.717, 1.165) is 0 Å². The number of ketones is 1. The van der Waals surface area contributed by atoms with Crippen LogP contribution in [0.4, 0.5) is 0 Å². The molecule has 0 aliphatic carbocycles. The fraction of sp³-hybridized carbons (Fsp3) is 0.429. The second-order valence-corrected chi connectivity index (χ2v) is 1.76. The average molecular weight is 126 g/mol. The third-order valence-electron chi connectivity index (χ3n) is 1.17. The van der Waals surface area contributed by atoms with Crippen molar-refractivity contribution in [3.8, 4) is 0 Å². The monoisotopic (exact) mass is 126 g/mol. The number of rotatable bonds is 4. The van der Waals surface area contributed by atoms with Gasteiger partial charge in [0.1, 0.15) is 6.29 Å². The van der Waals surface area contributed by atoms with Crippen molar-refractivity contribution in [2.24, 2.45) is 5.92 Å². The Morgan fingerprint density at radius 2 is 2.33 bits per heavy atom. The third kappa shape index (κ3) is 2.22. The first-order valence-corrected chi connectivity index (χ1v) is 2.87. The standard InChI is InChI=1S/C7H10O2/c1-3-6(5-8)7(9)4-2/h4-6H,2-3H2,1H3. The Kier molecular flexibility index (Phi) is 3.60. The molecule has 9 heavy (non-hydrogen) atoms. The van der Waals surface area contributed by atoms with Crippen molar-refractivity contribution >= 4 is 12.1 Å². The van der Waals surface area contributed by atoms with E-state index >= 15 is 0 Å². The normalized spacial score (nSPS) is 12.1. The first-order chi connectivity index (χ1) is 4.26. The van der Waals surface area contributed by atoms with Gasteiger partial charge in [-0.25, -0.2) is 0 Å². The Labute approximate surface area is 54.6 Å². The van der Waals surface area contributed by atoms with Gasteiger partial charge in [-0.1, -0.05) is 13.5 Å². The lowest BCUT2D eigenvalue weighted by molar-refractivity contribution is -0.123. The van der Waals surface area contributed by atoms with E-state index in [-0.39, 0.29) is 5.78 Å². The van der Waals surface area contributed by atoms with E-state index in [2.05, 4.69) is 6.58 Å². The fourth-order valence-electron chi connectivity index (χ4n) is 0.516. The molecule has 0 amide bonds. The highest BCUT2D eigenvalue weighted by Crippen LogP contribution is 1.99. The van der Waals surface area contributed by atoms with Crippen LogP contribution in [0.3, 0.4) is 0 Å². The van der Waals surface area contributed by atoms with Gasteiger partial charge in [0.25, 0.3) is 0 Å². The molecule has 0 saturated carbocycles. The van der Waals surface area contributed by atoms with Crippen molar-refractivity contribution in [1.29, 1.82) is 0 Å². The maximum Gasteiger partial charge on any atom is 0.165 e. The Morgan fingerprint density at radius 3 is 2.44 bits per heavy atom. The number of hydrogen-bond donors (Lipinski definition) is 0. The number of carbonyl (C=O) groups is 2. The maximum absolute atomic E-state index is 10.6. The largest absolute Gasteiger partial charge is 0.303 e. The van der Waals surface area contributed by atoms with Gasteiger partial charge in [-0.2, -0.15) is 0 Å². The van der Waals surface area contributed by atoms with Crippen molar-refractivity contribution in [3.05, 3.63) is 12.7 Å². The summed E-state index contributed by atoms with van der Waals surface area (Å²) in [6.07, 6.45) is 2.40. The SMILES string of the molecule is C=CC(=O)C(C=O)CC. The minimum Gasteiger partial charge on any atom is -0.303 e. The first-order valence-electron chi connectivity index (χ1n) is 2.87. The maximum atomic E-state index is 10.6. The Bertz CT molecular complexity index is 127. The predicted octanol–water partition coefficient (Wildman–Crippen LogP) is 0.967. The van der Waals surface area contributed by atoms with E-state index in [1.165, 1.54) is 6.08 Å². The minimum atomic E-state index is -0.470. The molecule has 0 aromatic carbocycles. The zero-order valence-corrected chi connectivity index (χ0v) is 5.46. The van der Waals surface area contributed by atoms with Crippen molar-refractivity contribution in [2.45, 2.75) is 13.3 Å². The summed E-state index contributed by atoms with van der Waals surface area (Å²) in [5.74, 6) is -0.657. The summed E-state index contributed by atoms with van der Waals surface area (Å²) >= 11 is 0. The molecule has 0 fully saturated rings. The molecule has 0 aromatic heterocycles. The molecule has 2 nitrogen and oxygen atoms in total. The van der Waals surface area contributed by atoms with E-state index in [1.54, 1.807) is 6.92 Å². The number of carbonyl (C=O) groups excluding carboxylic acids is 2. The highest BCUT2D eigenvalue weighted by Gasteiger charge is 2.09. The number of aldehydes is 1. The van der Waals surface area contributed by atoms with E-state index in [0.29, 0.717) is 12.7 Å². The van der Waals surface area contributed by atoms with Gasteiger partial charge in [0.2, 0.25) is 0 Å². The molecular formula is C7H10O2. The molecule has 0 aromatic rings. The molecule has 0 N–H and O–H groups in total. The summed E-state index contributed by atoms with van der Waals surface area (Å²) in [6.45, 7) is 5.06. The molecule has 1 atom stereocenters. The molecule has 50 valence electrons. The highest BCUT2D eigenvalue weighted by molar-refractivity contribution is 6.00. The Hall–Kier alpha value is -0.920. The molecule has 1 unspecified atom stereocenters. The van der Waals surface area contributed by atoms with Gasteiger partial charge in [0.15, 0.2) is 5.78 Å². The van der Waals surface area contributed by atoms with Gasteiger partial charge in [-0.3, -0.25) is 4.79 Å². The zero-order valence-electron chi connectivity index (χ0n) is 5.46. The van der Waals surface area contributed by atoms with E-state index in [1.807, 2.05) is 0 Å². The van der Waals surface area contributed by atoms with Crippen LogP contribution in [0.25, 0.3) is 0 Å². The topological polar surface area (TPSA) is 34.1 Å². The van der Waals surface area contributed by atoms with Gasteiger partial charge in [-0.15, -0.1) is 0 Å². The Morgan fingerprint density at radius 1 is 1.78 bits per heavy atom. The molecule has 0 rings (SSSR count). The molecule has 0 aliphatic rings. The summed E-state index contributed by atoms with van der Waals surface area (Å²) in [6, 6.07) is 0. The van der Waals surface area contributed by atoms with Crippen LogP contribution in [-0.4, -0.2) is 12.1 Å². The van der Waals surface area contributed by atoms with Crippen molar-refractivity contribution in [2.75, 3.05) is 0 Å². The molecule has 0 radical (unpaired) electrons. The summed E-state index contributed by atoms with van der Waals surface area (Å²) in [7, 11) is 0. The van der Waals surface area contributed by atoms with Crippen LogP contribution in [0.2, 0.25) is 0 Å². The van der Waals surface area contributed by atoms with Gasteiger partial charge >= 0.3 is 0 Å². The van der Waals surface area contributed by atoms with Crippen LogP contribution < -0.4 is 0 Å². The first kappa shape index (κ1) is 8.08. The van der Waals surface area contributed by atoms with E-state index in [9.17, 15) is 9.59 Å². The van der Waals surface area contributed by atoms with E-state index in [4.69, 9.17) is 0 Å². The fourth-order valence-corrected chi connectivity index (χ4v) is 0.516. The van der Waals surface area contributed by atoms with Crippen molar-refractivity contribution in [1.82, 2.24) is 0 Å². The van der Waals surface area contributed by atoms with Crippen LogP contribution >= 0.6 is 0 Å². The van der Waals surface area contributed by atoms with Crippen LogP contribution in [0, 0.1) is 5.92 Å². The quantitative estimate of drug-likeness (QED) is 0.319. The van der Waals surface area contributed by atoms with Gasteiger partial charge in [0, 0.05) is 0 Å². The summed E-state index contributed by atoms with van der Waals surface area (Å²) in [5, 5.41) is 0. The van der Waals surface area contributed by atoms with E-state index < -0.39 is 5.92 Å². The van der Waals surface area contributed by atoms with Crippen LogP contribution in [0.5, 0.6) is 0 Å². The molecule has 2 heteroatoms. The highest BCUT2D eigenvalue weighted by atomic mass is 16.1. The zero-order chi connectivity index (χ0) is 7.28. The molecule has 0 bridgehead atoms. The summed E-state index contributed by atoms with van der Waals surface area (Å²) in [5.41, 5.74) is 0. The van der Waals surface area contributed by atoms with Crippen LogP contribution in [0.1, 0.15) is 13.3 Å². The van der Waals surface area contributed by atoms with Gasteiger partial charge < -0.3 is 4.79 Å². The molecule has 0 aliphatic heterocycles. The number of allylic oxidation sites excluding steroid dienone is 1. The molecular weight excluding hydrogens is 116 g/mol. The van der Waals surface area contributed by atoms with Crippen molar-refractivity contribution in [3.63, 3.8) is 0 Å². The van der Waals surface area contributed by atoms with Crippen molar-refractivity contribution < 1.29 is 9.59 Å². The average Bonchev–Trinajstić information content (AvgIpc) is 1.90. The predicted molar refractivity (Wildman–Crippen MR) is 35.0 cm³/mol. The second kappa shape index (κ2) is 4.01. The van der Waals surface area contributed by atoms with Crippen LogP contribution in [0.15, 0.2) is 12.7 Å². The number of hydrogen-bond acceptors (Lipinski definition) is 2. The smallest absolute Gasteiger partial charge is 0.165 e. The summed E-state index contributed by atoms with van der Waals surface area (Å²) in [4.78, 5) is 20.7. The third-order valence-corrected chi connectivity index (χ3v) is 1.17. The molecule has 0 saturated heterocycles. The Balaban J connectivity index is 3.93. The van der Waals surface area contributed by atoms with Crippen LogP contribution in [-0.2, 0) is 9.59 Å².